The fourth-order valence-corrected chi connectivity index (χ4v) is 3.38. The Labute approximate surface area is 172 Å². The number of nitriles is 1. The second-order valence-corrected chi connectivity index (χ2v) is 7.06. The molecule has 1 saturated heterocycles. The smallest absolute Gasteiger partial charge is 0.264 e. The zero-order chi connectivity index (χ0) is 20.5. The normalized spacial score (nSPS) is 14.6. The van der Waals surface area contributed by atoms with E-state index in [1.807, 2.05) is 36.4 Å². The van der Waals surface area contributed by atoms with Crippen molar-refractivity contribution in [3.05, 3.63) is 65.2 Å². The van der Waals surface area contributed by atoms with Crippen LogP contribution in [0, 0.1) is 11.3 Å². The van der Waals surface area contributed by atoms with Gasteiger partial charge in [0.05, 0.1) is 7.11 Å². The van der Waals surface area contributed by atoms with Gasteiger partial charge in [-0.1, -0.05) is 49.2 Å². The molecule has 1 amide bonds. The van der Waals surface area contributed by atoms with Crippen LogP contribution in [-0.2, 0) is 11.4 Å². The summed E-state index contributed by atoms with van der Waals surface area (Å²) >= 11 is 0. The Morgan fingerprint density at radius 2 is 1.79 bits per heavy atom. The fourth-order valence-electron chi connectivity index (χ4n) is 3.38. The van der Waals surface area contributed by atoms with Crippen LogP contribution >= 0.6 is 0 Å². The minimum atomic E-state index is -0.197. The third-order valence-electron chi connectivity index (χ3n) is 4.98. The summed E-state index contributed by atoms with van der Waals surface area (Å²) in [4.78, 5) is 14.5. The molecule has 0 spiro atoms. The number of ether oxygens (including phenoxy) is 2. The van der Waals surface area contributed by atoms with Crippen LogP contribution in [0.4, 0.5) is 0 Å². The van der Waals surface area contributed by atoms with E-state index in [0.717, 1.165) is 36.8 Å². The summed E-state index contributed by atoms with van der Waals surface area (Å²) in [7, 11) is 1.58. The molecule has 1 fully saturated rings. The minimum absolute atomic E-state index is 0.145. The van der Waals surface area contributed by atoms with Gasteiger partial charge in [-0.15, -0.1) is 0 Å². The van der Waals surface area contributed by atoms with E-state index >= 15 is 0 Å². The van der Waals surface area contributed by atoms with Gasteiger partial charge in [0, 0.05) is 13.1 Å². The number of carbonyl (C=O) groups excluding carboxylic acids is 1. The average Bonchev–Trinajstić information content (AvgIpc) is 3.06. The Morgan fingerprint density at radius 3 is 2.45 bits per heavy atom. The SMILES string of the molecule is COc1cc(C=C(C#N)C(=O)N2CCCCCC2)ccc1OCc1ccccc1. The first-order valence-corrected chi connectivity index (χ1v) is 9.97. The highest BCUT2D eigenvalue weighted by molar-refractivity contribution is 6.01. The molecule has 2 aromatic rings. The zero-order valence-electron chi connectivity index (χ0n) is 16.8. The van der Waals surface area contributed by atoms with Crippen LogP contribution in [0.15, 0.2) is 54.1 Å². The second-order valence-electron chi connectivity index (χ2n) is 7.06. The quantitative estimate of drug-likeness (QED) is 0.535. The summed E-state index contributed by atoms with van der Waals surface area (Å²) in [5.74, 6) is 0.984. The molecular formula is C24H26N2O3. The van der Waals surface area contributed by atoms with Crippen molar-refractivity contribution < 1.29 is 14.3 Å². The zero-order valence-corrected chi connectivity index (χ0v) is 16.8. The maximum Gasteiger partial charge on any atom is 0.264 e. The summed E-state index contributed by atoms with van der Waals surface area (Å²) in [5, 5.41) is 9.53. The number of methoxy groups -OCH3 is 1. The van der Waals surface area contributed by atoms with Crippen LogP contribution in [0.1, 0.15) is 36.8 Å². The maximum absolute atomic E-state index is 12.7. The van der Waals surface area contributed by atoms with Gasteiger partial charge < -0.3 is 14.4 Å². The first-order chi connectivity index (χ1) is 14.2. The molecule has 2 aromatic carbocycles. The Bertz CT molecular complexity index is 892. The number of rotatable bonds is 6. The van der Waals surface area contributed by atoms with Gasteiger partial charge in [0.1, 0.15) is 18.2 Å². The van der Waals surface area contributed by atoms with Gasteiger partial charge in [0.2, 0.25) is 0 Å². The number of benzene rings is 2. The molecule has 0 saturated carbocycles. The first-order valence-electron chi connectivity index (χ1n) is 9.97. The third kappa shape index (κ3) is 5.61. The summed E-state index contributed by atoms with van der Waals surface area (Å²) < 4.78 is 11.3. The van der Waals surface area contributed by atoms with Gasteiger partial charge in [-0.25, -0.2) is 0 Å². The van der Waals surface area contributed by atoms with Crippen molar-refractivity contribution >= 4 is 12.0 Å². The van der Waals surface area contributed by atoms with Crippen LogP contribution in [0.2, 0.25) is 0 Å². The highest BCUT2D eigenvalue weighted by Crippen LogP contribution is 2.30. The molecule has 0 N–H and O–H groups in total. The Balaban J connectivity index is 1.75. The lowest BCUT2D eigenvalue weighted by Crippen LogP contribution is -2.32. The number of hydrogen-bond donors (Lipinski definition) is 0. The summed E-state index contributed by atoms with van der Waals surface area (Å²) in [5.41, 5.74) is 1.94. The molecule has 150 valence electrons. The molecule has 1 aliphatic rings. The van der Waals surface area contributed by atoms with Crippen LogP contribution in [-0.4, -0.2) is 31.0 Å². The summed E-state index contributed by atoms with van der Waals surface area (Å²) in [6.45, 7) is 1.87. The van der Waals surface area contributed by atoms with Crippen molar-refractivity contribution in [1.82, 2.24) is 4.90 Å². The maximum atomic E-state index is 12.7. The van der Waals surface area contributed by atoms with Crippen molar-refractivity contribution in [2.45, 2.75) is 32.3 Å². The van der Waals surface area contributed by atoms with Gasteiger partial charge in [-0.2, -0.15) is 5.26 Å². The Kier molecular flexibility index (Phi) is 7.29. The molecule has 3 rings (SSSR count). The molecule has 1 heterocycles. The Morgan fingerprint density at radius 1 is 1.07 bits per heavy atom. The molecule has 5 nitrogen and oxygen atoms in total. The van der Waals surface area contributed by atoms with E-state index in [1.54, 1.807) is 30.2 Å². The van der Waals surface area contributed by atoms with E-state index in [2.05, 4.69) is 6.07 Å². The fraction of sp³-hybridized carbons (Fsp3) is 0.333. The molecule has 29 heavy (non-hydrogen) atoms. The number of amides is 1. The van der Waals surface area contributed by atoms with E-state index in [9.17, 15) is 10.1 Å². The predicted octanol–water partition coefficient (Wildman–Crippen LogP) is 4.58. The highest BCUT2D eigenvalue weighted by atomic mass is 16.5. The van der Waals surface area contributed by atoms with Crippen LogP contribution in [0.25, 0.3) is 6.08 Å². The molecule has 0 radical (unpaired) electrons. The monoisotopic (exact) mass is 390 g/mol. The highest BCUT2D eigenvalue weighted by Gasteiger charge is 2.19. The van der Waals surface area contributed by atoms with Crippen molar-refractivity contribution in [3.63, 3.8) is 0 Å². The topological polar surface area (TPSA) is 62.6 Å². The molecule has 0 unspecified atom stereocenters. The van der Waals surface area contributed by atoms with Gasteiger partial charge in [-0.05, 0) is 42.2 Å². The number of carbonyl (C=O) groups is 1. The number of hydrogen-bond acceptors (Lipinski definition) is 4. The predicted molar refractivity (Wildman–Crippen MR) is 112 cm³/mol. The van der Waals surface area contributed by atoms with Gasteiger partial charge in [-0.3, -0.25) is 4.79 Å². The van der Waals surface area contributed by atoms with E-state index in [4.69, 9.17) is 9.47 Å². The minimum Gasteiger partial charge on any atom is -0.493 e. The van der Waals surface area contributed by atoms with Gasteiger partial charge >= 0.3 is 0 Å². The second kappa shape index (κ2) is 10.3. The van der Waals surface area contributed by atoms with Gasteiger partial charge in [0.25, 0.3) is 5.91 Å². The molecule has 0 atom stereocenters. The molecule has 5 heteroatoms. The summed E-state index contributed by atoms with van der Waals surface area (Å²) in [6, 6.07) is 17.4. The molecule has 1 aliphatic heterocycles. The van der Waals surface area contributed by atoms with Gasteiger partial charge in [0.15, 0.2) is 11.5 Å². The Hall–Kier alpha value is -3.26. The van der Waals surface area contributed by atoms with Crippen molar-refractivity contribution in [2.75, 3.05) is 20.2 Å². The van der Waals surface area contributed by atoms with E-state index < -0.39 is 0 Å². The van der Waals surface area contributed by atoms with Crippen molar-refractivity contribution in [1.29, 1.82) is 5.26 Å². The van der Waals surface area contributed by atoms with E-state index in [-0.39, 0.29) is 11.5 Å². The van der Waals surface area contributed by atoms with Crippen molar-refractivity contribution in [3.8, 4) is 17.6 Å². The number of nitrogens with zero attached hydrogens (tertiary/aromatic N) is 2. The average molecular weight is 390 g/mol. The van der Waals surface area contributed by atoms with E-state index in [1.165, 1.54) is 0 Å². The van der Waals surface area contributed by atoms with Crippen molar-refractivity contribution in [2.24, 2.45) is 0 Å². The standard InChI is InChI=1S/C24H26N2O3/c1-28-23-16-20(11-12-22(23)29-18-19-9-5-4-6-10-19)15-21(17-25)24(27)26-13-7-2-3-8-14-26/h4-6,9-12,15-16H,2-3,7-8,13-14,18H2,1H3. The largest absolute Gasteiger partial charge is 0.493 e. The summed E-state index contributed by atoms with van der Waals surface area (Å²) in [6.07, 6.45) is 5.88. The lowest BCUT2D eigenvalue weighted by molar-refractivity contribution is -0.126. The molecule has 0 aliphatic carbocycles. The third-order valence-corrected chi connectivity index (χ3v) is 4.98. The lowest BCUT2D eigenvalue weighted by atomic mass is 10.1. The van der Waals surface area contributed by atoms with Crippen LogP contribution in [0.5, 0.6) is 11.5 Å². The number of likely N-dealkylation sites (tertiary alicyclic amines) is 1. The lowest BCUT2D eigenvalue weighted by Gasteiger charge is -2.19. The first kappa shape index (κ1) is 20.5. The van der Waals surface area contributed by atoms with Crippen LogP contribution < -0.4 is 9.47 Å². The van der Waals surface area contributed by atoms with Crippen LogP contribution in [0.3, 0.4) is 0 Å². The van der Waals surface area contributed by atoms with E-state index in [0.29, 0.717) is 31.2 Å². The molecular weight excluding hydrogens is 364 g/mol. The molecule has 0 aromatic heterocycles. The molecule has 0 bridgehead atoms.